The number of hydrogen-bond donors (Lipinski definition) is 0. The summed E-state index contributed by atoms with van der Waals surface area (Å²) in [6, 6.07) is 37.7. The van der Waals surface area contributed by atoms with Gasteiger partial charge in [0.05, 0.1) is 22.6 Å². The van der Waals surface area contributed by atoms with E-state index in [1.165, 1.54) is 68.2 Å². The maximum atomic E-state index is 5.40. The Labute approximate surface area is 292 Å². The van der Waals surface area contributed by atoms with E-state index in [0.717, 1.165) is 33.9 Å². The lowest BCUT2D eigenvalue weighted by molar-refractivity contribution is 0.630. The second-order valence-electron chi connectivity index (χ2n) is 13.4. The van der Waals surface area contributed by atoms with Gasteiger partial charge in [0.1, 0.15) is 4.83 Å². The third kappa shape index (κ3) is 3.88. The van der Waals surface area contributed by atoms with Crippen LogP contribution < -0.4 is 0 Å². The van der Waals surface area contributed by atoms with E-state index < -0.39 is 0 Å². The summed E-state index contributed by atoms with van der Waals surface area (Å²) in [7, 11) is 0. The van der Waals surface area contributed by atoms with E-state index >= 15 is 0 Å². The molecule has 49 heavy (non-hydrogen) atoms. The SMILES string of the molecule is C=Cc1nc(-c2cccc3c2sc2ccccc23)nc(-c2ccc3c(c2)C(C)(C)c2cccc4c5c6ccccc6sc5n-3c24)c1/C=C\C. The van der Waals surface area contributed by atoms with E-state index in [9.17, 15) is 0 Å². The van der Waals surface area contributed by atoms with Gasteiger partial charge in [-0.05, 0) is 54.5 Å². The molecule has 4 aromatic heterocycles. The van der Waals surface area contributed by atoms with Crippen LogP contribution in [-0.4, -0.2) is 14.5 Å². The Morgan fingerprint density at radius 1 is 0.735 bits per heavy atom. The first kappa shape index (κ1) is 28.6. The van der Waals surface area contributed by atoms with Crippen LogP contribution in [0.4, 0.5) is 0 Å². The lowest BCUT2D eigenvalue weighted by atomic mass is 9.74. The van der Waals surface area contributed by atoms with Gasteiger partial charge in [0.25, 0.3) is 0 Å². The summed E-state index contributed by atoms with van der Waals surface area (Å²) in [4.78, 5) is 11.8. The van der Waals surface area contributed by atoms with Gasteiger partial charge in [-0.15, -0.1) is 22.7 Å². The molecule has 0 N–H and O–H groups in total. The average Bonchev–Trinajstić information content (AvgIpc) is 3.80. The van der Waals surface area contributed by atoms with Gasteiger partial charge in [-0.25, -0.2) is 9.97 Å². The number of thiophene rings is 2. The summed E-state index contributed by atoms with van der Waals surface area (Å²) in [5, 5.41) is 6.52. The first-order chi connectivity index (χ1) is 24.0. The van der Waals surface area contributed by atoms with E-state index in [4.69, 9.17) is 9.97 Å². The molecule has 1 aliphatic rings. The summed E-state index contributed by atoms with van der Waals surface area (Å²) in [5.41, 5.74) is 9.82. The van der Waals surface area contributed by atoms with Gasteiger partial charge in [0.15, 0.2) is 5.82 Å². The molecule has 0 amide bonds. The average molecular weight is 666 g/mol. The highest BCUT2D eigenvalue weighted by atomic mass is 32.1. The topological polar surface area (TPSA) is 30.7 Å². The van der Waals surface area contributed by atoms with E-state index in [0.29, 0.717) is 0 Å². The van der Waals surface area contributed by atoms with Crippen molar-refractivity contribution >= 4 is 86.2 Å². The number of nitrogens with zero attached hydrogens (tertiary/aromatic N) is 3. The maximum Gasteiger partial charge on any atom is 0.161 e. The predicted octanol–water partition coefficient (Wildman–Crippen LogP) is 12.8. The van der Waals surface area contributed by atoms with E-state index in [-0.39, 0.29) is 5.41 Å². The van der Waals surface area contributed by atoms with Crippen molar-refractivity contribution in [1.82, 2.24) is 14.5 Å². The quantitative estimate of drug-likeness (QED) is 0.187. The standard InChI is InChI=1S/C44H31N3S2/c1-5-13-28-34(6-2)45-42(31-18-11-16-27-26-14-7-9-20-36(26)48-41(27)31)46-39(28)25-22-23-35-33(24-25)44(3,4)32-19-12-17-30-38-29-15-8-10-21-37(29)49-43(38)47(35)40(30)32/h5-24H,2H2,1,3-4H3/b13-5-. The van der Waals surface area contributed by atoms with E-state index in [1.54, 1.807) is 11.3 Å². The van der Waals surface area contributed by atoms with E-state index in [1.807, 2.05) is 24.3 Å². The first-order valence-electron chi connectivity index (χ1n) is 16.7. The predicted molar refractivity (Wildman–Crippen MR) is 212 cm³/mol. The van der Waals surface area contributed by atoms with Gasteiger partial charge in [-0.1, -0.05) is 105 Å². The van der Waals surface area contributed by atoms with Crippen molar-refractivity contribution < 1.29 is 0 Å². The van der Waals surface area contributed by atoms with Crippen LogP contribution in [0.2, 0.25) is 0 Å². The van der Waals surface area contributed by atoms with Crippen molar-refractivity contribution in [2.24, 2.45) is 0 Å². The summed E-state index contributed by atoms with van der Waals surface area (Å²) in [5.74, 6) is 0.719. The van der Waals surface area contributed by atoms with Crippen molar-refractivity contribution in [2.45, 2.75) is 26.2 Å². The highest BCUT2D eigenvalue weighted by molar-refractivity contribution is 7.26. The van der Waals surface area contributed by atoms with Gasteiger partial charge in [-0.3, -0.25) is 0 Å². The molecule has 3 nitrogen and oxygen atoms in total. The molecule has 0 fully saturated rings. The summed E-state index contributed by atoms with van der Waals surface area (Å²) >= 11 is 3.69. The number of para-hydroxylation sites is 1. The fraction of sp³-hybridized carbons (Fsp3) is 0.0909. The number of benzene rings is 5. The molecule has 5 heteroatoms. The third-order valence-electron chi connectivity index (χ3n) is 10.3. The lowest BCUT2D eigenvalue weighted by Crippen LogP contribution is -2.26. The van der Waals surface area contributed by atoms with Gasteiger partial charge < -0.3 is 4.57 Å². The van der Waals surface area contributed by atoms with Gasteiger partial charge >= 0.3 is 0 Å². The Morgan fingerprint density at radius 2 is 1.47 bits per heavy atom. The lowest BCUT2D eigenvalue weighted by Gasteiger charge is -2.35. The fourth-order valence-corrected chi connectivity index (χ4v) is 10.5. The normalized spacial score (nSPS) is 13.8. The van der Waals surface area contributed by atoms with Crippen LogP contribution in [0.15, 0.2) is 116 Å². The molecule has 0 aliphatic carbocycles. The van der Waals surface area contributed by atoms with Crippen LogP contribution >= 0.6 is 22.7 Å². The number of allylic oxidation sites excluding steroid dienone is 1. The first-order valence-corrected chi connectivity index (χ1v) is 18.3. The molecule has 0 spiro atoms. The maximum absolute atomic E-state index is 5.40. The zero-order chi connectivity index (χ0) is 33.0. The third-order valence-corrected chi connectivity index (χ3v) is 12.7. The molecule has 0 bridgehead atoms. The van der Waals surface area contributed by atoms with Crippen molar-refractivity contribution in [3.05, 3.63) is 138 Å². The van der Waals surface area contributed by atoms with Crippen LogP contribution in [-0.2, 0) is 5.41 Å². The molecule has 5 aromatic carbocycles. The van der Waals surface area contributed by atoms with Crippen LogP contribution in [0.3, 0.4) is 0 Å². The molecule has 9 aromatic rings. The molecule has 5 heterocycles. The van der Waals surface area contributed by atoms with Crippen LogP contribution in [0.1, 0.15) is 43.2 Å². The fourth-order valence-electron chi connectivity index (χ4n) is 8.03. The van der Waals surface area contributed by atoms with Crippen LogP contribution in [0.25, 0.3) is 91.9 Å². The summed E-state index contributed by atoms with van der Waals surface area (Å²) < 4.78 is 6.31. The van der Waals surface area contributed by atoms with Crippen molar-refractivity contribution in [1.29, 1.82) is 0 Å². The minimum Gasteiger partial charge on any atom is -0.300 e. The van der Waals surface area contributed by atoms with E-state index in [2.05, 4.69) is 140 Å². The highest BCUT2D eigenvalue weighted by Gasteiger charge is 2.36. The molecule has 0 saturated heterocycles. The van der Waals surface area contributed by atoms with Crippen LogP contribution in [0.5, 0.6) is 0 Å². The van der Waals surface area contributed by atoms with Gasteiger partial charge in [0, 0.05) is 63.1 Å². The van der Waals surface area contributed by atoms with Gasteiger partial charge in [-0.2, -0.15) is 0 Å². The summed E-state index contributed by atoms with van der Waals surface area (Å²) in [6.45, 7) is 11.0. The highest BCUT2D eigenvalue weighted by Crippen LogP contribution is 2.51. The molecular formula is C44H31N3S2. The zero-order valence-electron chi connectivity index (χ0n) is 27.4. The molecule has 0 unspecified atom stereocenters. The number of hydrogen-bond acceptors (Lipinski definition) is 4. The molecular weight excluding hydrogens is 635 g/mol. The largest absolute Gasteiger partial charge is 0.300 e. The Kier molecular flexibility index (Phi) is 6.03. The Bertz CT molecular complexity index is 2890. The zero-order valence-corrected chi connectivity index (χ0v) is 29.0. The molecule has 10 rings (SSSR count). The Balaban J connectivity index is 1.24. The van der Waals surface area contributed by atoms with Crippen molar-refractivity contribution in [3.63, 3.8) is 0 Å². The van der Waals surface area contributed by atoms with Gasteiger partial charge in [0.2, 0.25) is 0 Å². The molecule has 0 atom stereocenters. The molecule has 1 aliphatic heterocycles. The number of aromatic nitrogens is 3. The monoisotopic (exact) mass is 665 g/mol. The van der Waals surface area contributed by atoms with Crippen LogP contribution in [0, 0.1) is 0 Å². The molecule has 0 saturated carbocycles. The molecule has 234 valence electrons. The second-order valence-corrected chi connectivity index (χ2v) is 15.4. The summed E-state index contributed by atoms with van der Waals surface area (Å²) in [6.07, 6.45) is 6.05. The Hall–Kier alpha value is -5.36. The minimum atomic E-state index is -0.225. The molecule has 0 radical (unpaired) electrons. The smallest absolute Gasteiger partial charge is 0.161 e. The number of fused-ring (bicyclic) bond motifs is 10. The minimum absolute atomic E-state index is 0.225. The van der Waals surface area contributed by atoms with Crippen molar-refractivity contribution in [2.75, 3.05) is 0 Å². The Morgan fingerprint density at radius 3 is 2.29 bits per heavy atom. The van der Waals surface area contributed by atoms with Crippen molar-refractivity contribution in [3.8, 4) is 28.3 Å². The second kappa shape index (κ2) is 10.3. The number of rotatable bonds is 4.